The molecule has 2 aromatic rings. The Kier molecular flexibility index (Phi) is 4.04. The van der Waals surface area contributed by atoms with Crippen LogP contribution in [0.3, 0.4) is 0 Å². The fraction of sp³-hybridized carbons (Fsp3) is 0.308. The lowest BCUT2D eigenvalue weighted by Crippen LogP contribution is -2.28. The summed E-state index contributed by atoms with van der Waals surface area (Å²) in [5.74, 6) is -0.177. The summed E-state index contributed by atoms with van der Waals surface area (Å²) in [6.45, 7) is 5.17. The summed E-state index contributed by atoms with van der Waals surface area (Å²) in [5.41, 5.74) is 0.477. The molecule has 0 saturated heterocycles. The van der Waals surface area contributed by atoms with Gasteiger partial charge in [0.15, 0.2) is 5.82 Å². The highest BCUT2D eigenvalue weighted by molar-refractivity contribution is 6.34. The van der Waals surface area contributed by atoms with Crippen molar-refractivity contribution in [3.05, 3.63) is 45.7 Å². The number of nitrogens with zero attached hydrogens (tertiary/aromatic N) is 2. The number of H-pyrrole nitrogens is 1. The topological polar surface area (TPSA) is 70.7 Å². The molecule has 0 aliphatic carbocycles. The molecule has 1 unspecified atom stereocenters. The van der Waals surface area contributed by atoms with E-state index in [1.54, 1.807) is 20.8 Å². The lowest BCUT2D eigenvalue weighted by Gasteiger charge is -2.13. The smallest absolute Gasteiger partial charge is 0.256 e. The molecule has 0 spiro atoms. The second-order valence-electron chi connectivity index (χ2n) is 4.53. The van der Waals surface area contributed by atoms with Crippen LogP contribution in [0.25, 0.3) is 0 Å². The third-order valence-corrected chi connectivity index (χ3v) is 3.35. The van der Waals surface area contributed by atoms with E-state index in [1.165, 1.54) is 12.1 Å². The monoisotopic (exact) mass is 296 g/mol. The molecule has 20 heavy (non-hydrogen) atoms. The summed E-state index contributed by atoms with van der Waals surface area (Å²) >= 11 is 5.99. The van der Waals surface area contributed by atoms with Crippen LogP contribution >= 0.6 is 11.6 Å². The molecule has 0 bridgehead atoms. The third kappa shape index (κ3) is 2.80. The zero-order valence-corrected chi connectivity index (χ0v) is 12.0. The van der Waals surface area contributed by atoms with Crippen LogP contribution in [0.15, 0.2) is 12.1 Å². The first-order chi connectivity index (χ1) is 9.40. The van der Waals surface area contributed by atoms with Gasteiger partial charge in [0.25, 0.3) is 5.91 Å². The maximum Gasteiger partial charge on any atom is 0.256 e. The molecule has 1 heterocycles. The van der Waals surface area contributed by atoms with Crippen LogP contribution in [0, 0.1) is 19.7 Å². The molecule has 2 rings (SSSR count). The molecule has 1 amide bonds. The van der Waals surface area contributed by atoms with E-state index in [0.717, 1.165) is 0 Å². The number of aromatic amines is 1. The van der Waals surface area contributed by atoms with Crippen molar-refractivity contribution in [1.82, 2.24) is 20.5 Å². The predicted molar refractivity (Wildman–Crippen MR) is 73.1 cm³/mol. The molecule has 7 heteroatoms. The molecule has 0 aliphatic heterocycles. The second-order valence-corrected chi connectivity index (χ2v) is 4.91. The minimum atomic E-state index is -0.656. The van der Waals surface area contributed by atoms with Crippen molar-refractivity contribution in [2.45, 2.75) is 26.8 Å². The van der Waals surface area contributed by atoms with Crippen LogP contribution in [0.5, 0.6) is 0 Å². The van der Waals surface area contributed by atoms with Gasteiger partial charge in [0.2, 0.25) is 0 Å². The maximum atomic E-state index is 13.8. The van der Waals surface area contributed by atoms with Gasteiger partial charge < -0.3 is 5.32 Å². The minimum absolute atomic E-state index is 0.112. The van der Waals surface area contributed by atoms with Crippen LogP contribution in [-0.4, -0.2) is 21.1 Å². The van der Waals surface area contributed by atoms with E-state index >= 15 is 0 Å². The molecule has 1 aromatic carbocycles. The van der Waals surface area contributed by atoms with Gasteiger partial charge in [0.1, 0.15) is 11.6 Å². The van der Waals surface area contributed by atoms with Gasteiger partial charge in [0.05, 0.1) is 16.6 Å². The van der Waals surface area contributed by atoms with Gasteiger partial charge in [0, 0.05) is 0 Å². The lowest BCUT2D eigenvalue weighted by molar-refractivity contribution is 0.0934. The number of carbonyl (C=O) groups excluding carboxylic acids is 1. The first-order valence-electron chi connectivity index (χ1n) is 6.04. The fourth-order valence-corrected chi connectivity index (χ4v) is 1.99. The largest absolute Gasteiger partial charge is 0.342 e. The second kappa shape index (κ2) is 5.58. The Morgan fingerprint density at radius 3 is 2.75 bits per heavy atom. The van der Waals surface area contributed by atoms with Gasteiger partial charge in [-0.15, -0.1) is 0 Å². The summed E-state index contributed by atoms with van der Waals surface area (Å²) in [5, 5.41) is 9.37. The Morgan fingerprint density at radius 1 is 1.45 bits per heavy atom. The SMILES string of the molecule is Cc1nc(C(C)NC(=O)c2c(F)ccc(C)c2Cl)n[nH]1. The highest BCUT2D eigenvalue weighted by Gasteiger charge is 2.21. The normalized spacial score (nSPS) is 12.2. The quantitative estimate of drug-likeness (QED) is 0.915. The summed E-state index contributed by atoms with van der Waals surface area (Å²) in [6, 6.07) is 2.29. The molecular weight excluding hydrogens is 283 g/mol. The third-order valence-electron chi connectivity index (χ3n) is 2.86. The van der Waals surface area contributed by atoms with Gasteiger partial charge in [-0.05, 0) is 32.4 Å². The molecule has 106 valence electrons. The first-order valence-corrected chi connectivity index (χ1v) is 6.42. The predicted octanol–water partition coefficient (Wildman–Crippen LogP) is 2.71. The van der Waals surface area contributed by atoms with Crippen molar-refractivity contribution in [3.63, 3.8) is 0 Å². The Bertz CT molecular complexity index is 656. The fourth-order valence-electron chi connectivity index (χ4n) is 1.75. The maximum absolute atomic E-state index is 13.8. The molecule has 0 saturated carbocycles. The van der Waals surface area contributed by atoms with Crippen molar-refractivity contribution in [3.8, 4) is 0 Å². The number of benzene rings is 1. The zero-order chi connectivity index (χ0) is 14.9. The van der Waals surface area contributed by atoms with Crippen molar-refractivity contribution in [1.29, 1.82) is 0 Å². The lowest BCUT2D eigenvalue weighted by atomic mass is 10.1. The Hall–Kier alpha value is -1.95. The van der Waals surface area contributed by atoms with E-state index < -0.39 is 17.8 Å². The number of aryl methyl sites for hydroxylation is 2. The van der Waals surface area contributed by atoms with Gasteiger partial charge in [-0.25, -0.2) is 9.37 Å². The molecule has 2 N–H and O–H groups in total. The summed E-state index contributed by atoms with van der Waals surface area (Å²) in [6.07, 6.45) is 0. The number of halogens is 2. The number of amides is 1. The number of hydrogen-bond acceptors (Lipinski definition) is 3. The number of hydrogen-bond donors (Lipinski definition) is 2. The Labute approximate surface area is 120 Å². The Balaban J connectivity index is 2.23. The van der Waals surface area contributed by atoms with E-state index in [0.29, 0.717) is 17.2 Å². The van der Waals surface area contributed by atoms with Gasteiger partial charge in [-0.3, -0.25) is 9.89 Å². The van der Waals surface area contributed by atoms with E-state index in [2.05, 4.69) is 20.5 Å². The van der Waals surface area contributed by atoms with E-state index in [-0.39, 0.29) is 10.6 Å². The van der Waals surface area contributed by atoms with Gasteiger partial charge in [-0.2, -0.15) is 5.10 Å². The van der Waals surface area contributed by atoms with E-state index in [1.807, 2.05) is 0 Å². The molecule has 0 aliphatic rings. The van der Waals surface area contributed by atoms with Crippen molar-refractivity contribution >= 4 is 17.5 Å². The molecule has 5 nitrogen and oxygen atoms in total. The van der Waals surface area contributed by atoms with Gasteiger partial charge >= 0.3 is 0 Å². The minimum Gasteiger partial charge on any atom is -0.342 e. The van der Waals surface area contributed by atoms with Crippen LogP contribution < -0.4 is 5.32 Å². The molecule has 1 aromatic heterocycles. The Morgan fingerprint density at radius 2 is 2.15 bits per heavy atom. The van der Waals surface area contributed by atoms with Crippen molar-refractivity contribution in [2.75, 3.05) is 0 Å². The molecule has 0 radical (unpaired) electrons. The van der Waals surface area contributed by atoms with Gasteiger partial charge in [-0.1, -0.05) is 17.7 Å². The van der Waals surface area contributed by atoms with Crippen LogP contribution in [0.2, 0.25) is 5.02 Å². The van der Waals surface area contributed by atoms with E-state index in [9.17, 15) is 9.18 Å². The number of carbonyl (C=O) groups is 1. The summed E-state index contributed by atoms with van der Waals surface area (Å²) in [4.78, 5) is 16.2. The standard InChI is InChI=1S/C13H14ClFN4O/c1-6-4-5-9(15)10(11(6)14)13(20)16-7(2)12-17-8(3)18-19-12/h4-5,7H,1-3H3,(H,16,20)(H,17,18,19). The van der Waals surface area contributed by atoms with Crippen molar-refractivity contribution in [2.24, 2.45) is 0 Å². The summed E-state index contributed by atoms with van der Waals surface area (Å²) in [7, 11) is 0. The zero-order valence-electron chi connectivity index (χ0n) is 11.3. The van der Waals surface area contributed by atoms with Crippen LogP contribution in [0.4, 0.5) is 4.39 Å². The average Bonchev–Trinajstić information content (AvgIpc) is 2.81. The number of aromatic nitrogens is 3. The molecule has 1 atom stereocenters. The van der Waals surface area contributed by atoms with E-state index in [4.69, 9.17) is 11.6 Å². The summed E-state index contributed by atoms with van der Waals surface area (Å²) < 4.78 is 13.8. The van der Waals surface area contributed by atoms with Crippen LogP contribution in [-0.2, 0) is 0 Å². The number of nitrogens with one attached hydrogen (secondary N) is 2. The highest BCUT2D eigenvalue weighted by atomic mass is 35.5. The first kappa shape index (κ1) is 14.5. The molecule has 0 fully saturated rings. The number of rotatable bonds is 3. The van der Waals surface area contributed by atoms with Crippen molar-refractivity contribution < 1.29 is 9.18 Å². The average molecular weight is 297 g/mol. The highest BCUT2D eigenvalue weighted by Crippen LogP contribution is 2.24. The van der Waals surface area contributed by atoms with Crippen LogP contribution in [0.1, 0.15) is 40.5 Å². The molecular formula is C13H14ClFN4O.